The summed E-state index contributed by atoms with van der Waals surface area (Å²) in [6, 6.07) is 17.6. The number of sulfone groups is 1. The van der Waals surface area contributed by atoms with Crippen LogP contribution in [0.3, 0.4) is 0 Å². The van der Waals surface area contributed by atoms with Crippen molar-refractivity contribution in [3.05, 3.63) is 89.4 Å². The molecular formula is C24H27N3O5S. The van der Waals surface area contributed by atoms with Gasteiger partial charge in [-0.1, -0.05) is 44.2 Å². The van der Waals surface area contributed by atoms with Crippen LogP contribution in [-0.2, 0) is 22.1 Å². The van der Waals surface area contributed by atoms with Gasteiger partial charge in [-0.2, -0.15) is 0 Å². The van der Waals surface area contributed by atoms with Crippen LogP contribution in [0.25, 0.3) is 0 Å². The van der Waals surface area contributed by atoms with Crippen LogP contribution in [0.2, 0.25) is 0 Å². The number of hydrogen-bond acceptors (Lipinski definition) is 6. The highest BCUT2D eigenvalue weighted by Crippen LogP contribution is 2.16. The third kappa shape index (κ3) is 6.53. The summed E-state index contributed by atoms with van der Waals surface area (Å²) < 4.78 is 30.5. The number of carbonyl (C=O) groups is 2. The Hall–Kier alpha value is -3.43. The van der Waals surface area contributed by atoms with Gasteiger partial charge in [-0.15, -0.1) is 0 Å². The van der Waals surface area contributed by atoms with Crippen molar-refractivity contribution in [2.75, 3.05) is 13.1 Å². The van der Waals surface area contributed by atoms with Crippen molar-refractivity contribution in [1.29, 1.82) is 0 Å². The summed E-state index contributed by atoms with van der Waals surface area (Å²) in [5, 5.41) is 0. The van der Waals surface area contributed by atoms with Gasteiger partial charge in [0, 0.05) is 5.56 Å². The Bertz CT molecular complexity index is 1180. The lowest BCUT2D eigenvalue weighted by molar-refractivity contribution is 0.0829. The molecule has 1 heterocycles. The van der Waals surface area contributed by atoms with E-state index >= 15 is 0 Å². The first-order valence-corrected chi connectivity index (χ1v) is 12.3. The maximum Gasteiger partial charge on any atom is 0.305 e. The first kappa shape index (κ1) is 24.2. The predicted molar refractivity (Wildman–Crippen MR) is 124 cm³/mol. The SMILES string of the molecule is CCN(CC)Cc1ccc(C(=O)NNC(=O)c2ccc(CS(=O)(=O)c3ccccc3)cc2)o1. The van der Waals surface area contributed by atoms with E-state index in [1.165, 1.54) is 12.1 Å². The highest BCUT2D eigenvalue weighted by atomic mass is 32.2. The lowest BCUT2D eigenvalue weighted by Gasteiger charge is -2.15. The molecule has 8 nitrogen and oxygen atoms in total. The minimum absolute atomic E-state index is 0.0962. The predicted octanol–water partition coefficient (Wildman–Crippen LogP) is 3.17. The topological polar surface area (TPSA) is 109 Å². The zero-order valence-electron chi connectivity index (χ0n) is 18.6. The van der Waals surface area contributed by atoms with Crippen LogP contribution in [0.5, 0.6) is 0 Å². The Kier molecular flexibility index (Phi) is 8.02. The Morgan fingerprint density at radius 3 is 2.12 bits per heavy atom. The Morgan fingerprint density at radius 2 is 1.48 bits per heavy atom. The summed E-state index contributed by atoms with van der Waals surface area (Å²) >= 11 is 0. The summed E-state index contributed by atoms with van der Waals surface area (Å²) in [5.41, 5.74) is 5.49. The number of hydrazine groups is 1. The molecule has 2 N–H and O–H groups in total. The van der Waals surface area contributed by atoms with Gasteiger partial charge in [0.25, 0.3) is 5.91 Å². The Balaban J connectivity index is 1.55. The second-order valence-corrected chi connectivity index (χ2v) is 9.39. The molecule has 174 valence electrons. The maximum atomic E-state index is 12.5. The second kappa shape index (κ2) is 10.9. The van der Waals surface area contributed by atoms with Crippen LogP contribution < -0.4 is 10.9 Å². The van der Waals surface area contributed by atoms with Gasteiger partial charge in [-0.3, -0.25) is 25.3 Å². The molecule has 9 heteroatoms. The first-order chi connectivity index (χ1) is 15.8. The third-order valence-corrected chi connectivity index (χ3v) is 6.83. The van der Waals surface area contributed by atoms with E-state index in [9.17, 15) is 18.0 Å². The fourth-order valence-corrected chi connectivity index (χ4v) is 4.55. The van der Waals surface area contributed by atoms with Crippen LogP contribution in [0.1, 0.15) is 46.1 Å². The van der Waals surface area contributed by atoms with Gasteiger partial charge in [0.05, 0.1) is 17.2 Å². The highest BCUT2D eigenvalue weighted by Gasteiger charge is 2.16. The molecule has 0 aliphatic carbocycles. The van der Waals surface area contributed by atoms with Crippen LogP contribution in [0.15, 0.2) is 76.0 Å². The first-order valence-electron chi connectivity index (χ1n) is 10.6. The summed E-state index contributed by atoms with van der Waals surface area (Å²) in [6.45, 7) is 6.42. The number of hydrogen-bond donors (Lipinski definition) is 2. The average Bonchev–Trinajstić information content (AvgIpc) is 3.30. The zero-order chi connectivity index (χ0) is 23.8. The van der Waals surface area contributed by atoms with Gasteiger partial charge in [0.2, 0.25) is 0 Å². The quantitative estimate of drug-likeness (QED) is 0.466. The van der Waals surface area contributed by atoms with Gasteiger partial charge in [0.15, 0.2) is 15.6 Å². The highest BCUT2D eigenvalue weighted by molar-refractivity contribution is 7.90. The van der Waals surface area contributed by atoms with Crippen molar-refractivity contribution in [3.63, 3.8) is 0 Å². The fourth-order valence-electron chi connectivity index (χ4n) is 3.18. The molecule has 0 bridgehead atoms. The minimum atomic E-state index is -3.48. The molecule has 0 unspecified atom stereocenters. The lowest BCUT2D eigenvalue weighted by Crippen LogP contribution is -2.41. The maximum absolute atomic E-state index is 12.5. The van der Waals surface area contributed by atoms with E-state index in [0.29, 0.717) is 17.9 Å². The van der Waals surface area contributed by atoms with E-state index in [4.69, 9.17) is 4.42 Å². The molecule has 0 atom stereocenters. The smallest absolute Gasteiger partial charge is 0.305 e. The Morgan fingerprint density at radius 1 is 0.848 bits per heavy atom. The van der Waals surface area contributed by atoms with E-state index in [0.717, 1.165) is 13.1 Å². The normalized spacial score (nSPS) is 11.4. The standard InChI is InChI=1S/C24H27N3O5S/c1-3-27(4-2)16-20-14-15-22(32-20)24(29)26-25-23(28)19-12-10-18(11-13-19)17-33(30,31)21-8-6-5-7-9-21/h5-15H,3-4,16-17H2,1-2H3,(H,25,28)(H,26,29). The molecule has 1 aromatic heterocycles. The lowest BCUT2D eigenvalue weighted by atomic mass is 10.1. The molecule has 3 rings (SSSR count). The molecular weight excluding hydrogens is 442 g/mol. The van der Waals surface area contributed by atoms with E-state index < -0.39 is 21.7 Å². The van der Waals surface area contributed by atoms with Gasteiger partial charge < -0.3 is 4.42 Å². The minimum Gasteiger partial charge on any atom is -0.454 e. The molecule has 0 saturated carbocycles. The second-order valence-electron chi connectivity index (χ2n) is 7.40. The van der Waals surface area contributed by atoms with Gasteiger partial charge >= 0.3 is 5.91 Å². The average molecular weight is 470 g/mol. The Labute approximate surface area is 193 Å². The number of nitrogens with one attached hydrogen (secondary N) is 2. The number of nitrogens with zero attached hydrogens (tertiary/aromatic N) is 1. The molecule has 33 heavy (non-hydrogen) atoms. The molecule has 0 saturated heterocycles. The van der Waals surface area contributed by atoms with Crippen molar-refractivity contribution in [2.45, 2.75) is 31.0 Å². The fraction of sp³-hybridized carbons (Fsp3) is 0.250. The van der Waals surface area contributed by atoms with Crippen LogP contribution in [-0.4, -0.2) is 38.2 Å². The summed E-state index contributed by atoms with van der Waals surface area (Å²) in [7, 11) is -3.48. The number of furan rings is 1. The van der Waals surface area contributed by atoms with Crippen LogP contribution in [0.4, 0.5) is 0 Å². The zero-order valence-corrected chi connectivity index (χ0v) is 19.4. The van der Waals surface area contributed by atoms with Crippen molar-refractivity contribution in [3.8, 4) is 0 Å². The molecule has 0 radical (unpaired) electrons. The van der Waals surface area contributed by atoms with E-state index in [1.807, 2.05) is 13.8 Å². The summed E-state index contributed by atoms with van der Waals surface area (Å²) in [4.78, 5) is 27.0. The van der Waals surface area contributed by atoms with Crippen molar-refractivity contribution >= 4 is 21.7 Å². The van der Waals surface area contributed by atoms with Gasteiger partial charge in [-0.05, 0) is 55.1 Å². The number of rotatable bonds is 9. The monoisotopic (exact) mass is 469 g/mol. The van der Waals surface area contributed by atoms with E-state index in [2.05, 4.69) is 15.8 Å². The van der Waals surface area contributed by atoms with Crippen molar-refractivity contribution in [2.24, 2.45) is 0 Å². The van der Waals surface area contributed by atoms with E-state index in [-0.39, 0.29) is 22.0 Å². The largest absolute Gasteiger partial charge is 0.454 e. The van der Waals surface area contributed by atoms with Crippen molar-refractivity contribution in [1.82, 2.24) is 15.8 Å². The summed E-state index contributed by atoms with van der Waals surface area (Å²) in [6.07, 6.45) is 0. The number of amides is 2. The van der Waals surface area contributed by atoms with Crippen molar-refractivity contribution < 1.29 is 22.4 Å². The van der Waals surface area contributed by atoms with E-state index in [1.54, 1.807) is 54.6 Å². The molecule has 0 aliphatic heterocycles. The van der Waals surface area contributed by atoms with Gasteiger partial charge in [-0.25, -0.2) is 8.42 Å². The molecule has 0 aliphatic rings. The molecule has 3 aromatic rings. The van der Waals surface area contributed by atoms with Gasteiger partial charge in [0.1, 0.15) is 5.76 Å². The molecule has 0 fully saturated rings. The molecule has 2 aromatic carbocycles. The third-order valence-electron chi connectivity index (χ3n) is 5.12. The molecule has 2 amide bonds. The van der Waals surface area contributed by atoms with Crippen LogP contribution in [0, 0.1) is 0 Å². The summed E-state index contributed by atoms with van der Waals surface area (Å²) in [5.74, 6) is -0.519. The van der Waals surface area contributed by atoms with Crippen LogP contribution >= 0.6 is 0 Å². The molecule has 0 spiro atoms. The number of benzene rings is 2. The number of carbonyl (C=O) groups excluding carboxylic acids is 2.